The van der Waals surface area contributed by atoms with Crippen LogP contribution in [0.1, 0.15) is 18.5 Å². The summed E-state index contributed by atoms with van der Waals surface area (Å²) in [7, 11) is -3.76. The van der Waals surface area contributed by atoms with E-state index in [4.69, 9.17) is 0 Å². The number of sulfonamides is 1. The topological polar surface area (TPSA) is 124 Å². The van der Waals surface area contributed by atoms with Gasteiger partial charge < -0.3 is 10.4 Å². The lowest BCUT2D eigenvalue weighted by Crippen LogP contribution is -2.46. The van der Waals surface area contributed by atoms with Gasteiger partial charge in [0, 0.05) is 0 Å². The Kier molecular flexibility index (Phi) is 5.07. The molecule has 130 valence electrons. The quantitative estimate of drug-likeness (QED) is 0.797. The number of imide groups is 1. The molecule has 0 bridgehead atoms. The molecule has 1 fully saturated rings. The zero-order chi connectivity index (χ0) is 17.9. The first-order chi connectivity index (χ1) is 11.3. The van der Waals surface area contributed by atoms with Gasteiger partial charge in [-0.2, -0.15) is 0 Å². The molecule has 0 aromatic heterocycles. The number of carboxylic acids is 1. The van der Waals surface area contributed by atoms with Crippen molar-refractivity contribution in [3.05, 3.63) is 35.9 Å². The standard InChI is InChI=1S/C14H17N3O6S/c1-2-24(22,23)17-9-8-16(14(17)21)13(20)15-11(12(18)19)10-6-4-3-5-7-10/h3-7,11H,2,8-9H2,1H3,(H,15,20)(H,18,19). The molecule has 0 spiro atoms. The first-order valence-corrected chi connectivity index (χ1v) is 8.79. The first kappa shape index (κ1) is 17.7. The Bertz CT molecular complexity index is 749. The van der Waals surface area contributed by atoms with Crippen molar-refractivity contribution >= 4 is 28.1 Å². The van der Waals surface area contributed by atoms with E-state index in [2.05, 4.69) is 5.32 Å². The number of carbonyl (C=O) groups is 3. The van der Waals surface area contributed by atoms with Crippen LogP contribution in [0.3, 0.4) is 0 Å². The second kappa shape index (κ2) is 6.87. The summed E-state index contributed by atoms with van der Waals surface area (Å²) in [6.45, 7) is 1.11. The van der Waals surface area contributed by atoms with Crippen LogP contribution in [0, 0.1) is 0 Å². The summed E-state index contributed by atoms with van der Waals surface area (Å²) >= 11 is 0. The third kappa shape index (κ3) is 3.48. The molecule has 1 aromatic rings. The van der Waals surface area contributed by atoms with E-state index in [0.717, 1.165) is 0 Å². The second-order valence-electron chi connectivity index (χ2n) is 5.04. The summed E-state index contributed by atoms with van der Waals surface area (Å²) in [4.78, 5) is 36.4. The molecule has 1 aliphatic rings. The van der Waals surface area contributed by atoms with Gasteiger partial charge in [-0.15, -0.1) is 0 Å². The maximum absolute atomic E-state index is 12.2. The molecule has 1 heterocycles. The SMILES string of the molecule is CCS(=O)(=O)N1CCN(C(=O)NC(C(=O)O)c2ccccc2)C1=O. The van der Waals surface area contributed by atoms with E-state index in [-0.39, 0.29) is 18.8 Å². The third-order valence-corrected chi connectivity index (χ3v) is 5.30. The van der Waals surface area contributed by atoms with Crippen LogP contribution in [0.5, 0.6) is 0 Å². The molecule has 0 saturated carbocycles. The minimum atomic E-state index is -3.76. The number of benzene rings is 1. The number of carbonyl (C=O) groups excluding carboxylic acids is 2. The Morgan fingerprint density at radius 1 is 1.25 bits per heavy atom. The van der Waals surface area contributed by atoms with Gasteiger partial charge in [0.2, 0.25) is 10.0 Å². The van der Waals surface area contributed by atoms with Crippen molar-refractivity contribution in [1.29, 1.82) is 0 Å². The number of carboxylic acid groups (broad SMARTS) is 1. The van der Waals surface area contributed by atoms with Crippen LogP contribution in [0.2, 0.25) is 0 Å². The van der Waals surface area contributed by atoms with Crippen molar-refractivity contribution in [1.82, 2.24) is 14.5 Å². The molecule has 0 aliphatic carbocycles. The highest BCUT2D eigenvalue weighted by Gasteiger charge is 2.40. The van der Waals surface area contributed by atoms with Gasteiger partial charge in [0.05, 0.1) is 18.8 Å². The predicted octanol–water partition coefficient (Wildman–Crippen LogP) is 0.609. The summed E-state index contributed by atoms with van der Waals surface area (Å²) < 4.78 is 24.2. The molecular formula is C14H17N3O6S. The molecule has 24 heavy (non-hydrogen) atoms. The number of nitrogens with one attached hydrogen (secondary N) is 1. The number of amides is 4. The zero-order valence-electron chi connectivity index (χ0n) is 12.9. The molecule has 1 saturated heterocycles. The van der Waals surface area contributed by atoms with Crippen LogP contribution in [0.15, 0.2) is 30.3 Å². The largest absolute Gasteiger partial charge is 0.479 e. The van der Waals surface area contributed by atoms with Crippen LogP contribution >= 0.6 is 0 Å². The molecule has 9 nitrogen and oxygen atoms in total. The lowest BCUT2D eigenvalue weighted by molar-refractivity contribution is -0.139. The second-order valence-corrected chi connectivity index (χ2v) is 7.22. The fourth-order valence-electron chi connectivity index (χ4n) is 2.25. The van der Waals surface area contributed by atoms with E-state index in [0.29, 0.717) is 14.8 Å². The highest BCUT2D eigenvalue weighted by Crippen LogP contribution is 2.17. The third-order valence-electron chi connectivity index (χ3n) is 3.56. The molecule has 1 unspecified atom stereocenters. The summed E-state index contributed by atoms with van der Waals surface area (Å²) in [5, 5.41) is 11.5. The number of urea groups is 2. The Morgan fingerprint density at radius 3 is 2.42 bits per heavy atom. The minimum Gasteiger partial charge on any atom is -0.479 e. The summed E-state index contributed by atoms with van der Waals surface area (Å²) in [6.07, 6.45) is 0. The van der Waals surface area contributed by atoms with Crippen molar-refractivity contribution in [2.75, 3.05) is 18.8 Å². The van der Waals surface area contributed by atoms with Gasteiger partial charge in [0.1, 0.15) is 0 Å². The van der Waals surface area contributed by atoms with Gasteiger partial charge in [0.15, 0.2) is 6.04 Å². The highest BCUT2D eigenvalue weighted by atomic mass is 32.2. The van der Waals surface area contributed by atoms with E-state index in [1.807, 2.05) is 0 Å². The van der Waals surface area contributed by atoms with Crippen LogP contribution < -0.4 is 5.32 Å². The predicted molar refractivity (Wildman–Crippen MR) is 83.6 cm³/mol. The van der Waals surface area contributed by atoms with Gasteiger partial charge in [0.25, 0.3) is 0 Å². The maximum Gasteiger partial charge on any atom is 0.341 e. The molecule has 0 radical (unpaired) electrons. The van der Waals surface area contributed by atoms with Gasteiger partial charge >= 0.3 is 18.0 Å². The molecule has 10 heteroatoms. The Balaban J connectivity index is 2.15. The van der Waals surface area contributed by atoms with Gasteiger partial charge in [-0.25, -0.2) is 32.0 Å². The van der Waals surface area contributed by atoms with Crippen LogP contribution in [-0.4, -0.2) is 59.6 Å². The normalized spacial score (nSPS) is 16.1. The number of rotatable bonds is 5. The van der Waals surface area contributed by atoms with Gasteiger partial charge in [-0.05, 0) is 12.5 Å². The van der Waals surface area contributed by atoms with Crippen LogP contribution in [0.4, 0.5) is 9.59 Å². The van der Waals surface area contributed by atoms with Crippen molar-refractivity contribution in [3.8, 4) is 0 Å². The average Bonchev–Trinajstić information content (AvgIpc) is 2.95. The van der Waals surface area contributed by atoms with E-state index < -0.39 is 34.1 Å². The number of nitrogens with zero attached hydrogens (tertiary/aromatic N) is 2. The van der Waals surface area contributed by atoms with E-state index >= 15 is 0 Å². The summed E-state index contributed by atoms with van der Waals surface area (Å²) in [5.74, 6) is -1.56. The van der Waals surface area contributed by atoms with E-state index in [1.165, 1.54) is 19.1 Å². The van der Waals surface area contributed by atoms with Gasteiger partial charge in [-0.3, -0.25) is 0 Å². The number of hydrogen-bond donors (Lipinski definition) is 2. The lowest BCUT2D eigenvalue weighted by atomic mass is 10.1. The van der Waals surface area contributed by atoms with Crippen molar-refractivity contribution < 1.29 is 27.9 Å². The Morgan fingerprint density at radius 2 is 1.88 bits per heavy atom. The number of hydrogen-bond acceptors (Lipinski definition) is 5. The molecular weight excluding hydrogens is 338 g/mol. The first-order valence-electron chi connectivity index (χ1n) is 7.18. The van der Waals surface area contributed by atoms with Crippen molar-refractivity contribution in [2.24, 2.45) is 0 Å². The van der Waals surface area contributed by atoms with Crippen molar-refractivity contribution in [3.63, 3.8) is 0 Å². The summed E-state index contributed by atoms with van der Waals surface area (Å²) in [5.41, 5.74) is 0.336. The smallest absolute Gasteiger partial charge is 0.341 e. The molecule has 1 atom stereocenters. The maximum atomic E-state index is 12.2. The highest BCUT2D eigenvalue weighted by molar-refractivity contribution is 7.89. The van der Waals surface area contributed by atoms with Crippen molar-refractivity contribution in [2.45, 2.75) is 13.0 Å². The Labute approximate surface area is 138 Å². The van der Waals surface area contributed by atoms with Crippen LogP contribution in [0.25, 0.3) is 0 Å². The van der Waals surface area contributed by atoms with E-state index in [1.54, 1.807) is 18.2 Å². The summed E-state index contributed by atoms with van der Waals surface area (Å²) in [6, 6.07) is 4.71. The average molecular weight is 355 g/mol. The minimum absolute atomic E-state index is 0.134. The zero-order valence-corrected chi connectivity index (χ0v) is 13.7. The van der Waals surface area contributed by atoms with Gasteiger partial charge in [-0.1, -0.05) is 30.3 Å². The monoisotopic (exact) mass is 355 g/mol. The lowest BCUT2D eigenvalue weighted by Gasteiger charge is -2.20. The fourth-order valence-corrected chi connectivity index (χ4v) is 3.26. The van der Waals surface area contributed by atoms with E-state index in [9.17, 15) is 27.9 Å². The molecule has 2 rings (SSSR count). The molecule has 1 aromatic carbocycles. The van der Waals surface area contributed by atoms with Crippen LogP contribution in [-0.2, 0) is 14.8 Å². The molecule has 2 N–H and O–H groups in total. The molecule has 1 aliphatic heterocycles. The number of aliphatic carboxylic acids is 1. The Hall–Kier alpha value is -2.62. The fraction of sp³-hybridized carbons (Fsp3) is 0.357. The molecule has 4 amide bonds.